The van der Waals surface area contributed by atoms with Crippen molar-refractivity contribution in [1.82, 2.24) is 15.3 Å². The molecule has 1 atom stereocenters. The number of nitrogens with zero attached hydrogens (tertiary/aromatic N) is 3. The van der Waals surface area contributed by atoms with Gasteiger partial charge in [-0.05, 0) is 43.2 Å². The van der Waals surface area contributed by atoms with Gasteiger partial charge in [-0.15, -0.1) is 11.8 Å². The first-order valence-electron chi connectivity index (χ1n) is 8.40. The average Bonchev–Trinajstić information content (AvgIpc) is 2.67. The molecule has 0 spiro atoms. The molecule has 1 amide bonds. The van der Waals surface area contributed by atoms with Crippen LogP contribution in [0, 0.1) is 5.92 Å². The van der Waals surface area contributed by atoms with Crippen molar-refractivity contribution in [2.45, 2.75) is 17.7 Å². The minimum absolute atomic E-state index is 0.00177. The number of piperidine rings is 1. The number of hydrogen-bond acceptors (Lipinski definition) is 5. The Hall–Kier alpha value is -1.79. The van der Waals surface area contributed by atoms with Gasteiger partial charge in [0.15, 0.2) is 0 Å². The van der Waals surface area contributed by atoms with E-state index in [4.69, 9.17) is 11.6 Å². The summed E-state index contributed by atoms with van der Waals surface area (Å²) in [6.07, 6.45) is 5.37. The first-order valence-corrected chi connectivity index (χ1v) is 9.77. The van der Waals surface area contributed by atoms with Crippen molar-refractivity contribution in [1.29, 1.82) is 0 Å². The number of carbonyl (C=O) groups is 1. The molecule has 3 rings (SSSR count). The zero-order valence-electron chi connectivity index (χ0n) is 13.9. The molecule has 132 valence electrons. The predicted molar refractivity (Wildman–Crippen MR) is 102 cm³/mol. The van der Waals surface area contributed by atoms with E-state index < -0.39 is 0 Å². The number of hydrogen-bond donors (Lipinski definition) is 1. The van der Waals surface area contributed by atoms with E-state index in [1.807, 2.05) is 24.3 Å². The van der Waals surface area contributed by atoms with Crippen molar-refractivity contribution in [3.8, 4) is 0 Å². The highest BCUT2D eigenvalue weighted by Gasteiger charge is 2.26. The van der Waals surface area contributed by atoms with E-state index in [0.717, 1.165) is 35.1 Å². The Morgan fingerprint density at radius 3 is 2.80 bits per heavy atom. The Bertz CT molecular complexity index is 683. The molecule has 0 unspecified atom stereocenters. The van der Waals surface area contributed by atoms with Gasteiger partial charge in [-0.1, -0.05) is 11.6 Å². The maximum absolute atomic E-state index is 12.4. The van der Waals surface area contributed by atoms with E-state index in [-0.39, 0.29) is 11.8 Å². The molecule has 1 fully saturated rings. The van der Waals surface area contributed by atoms with Crippen LogP contribution in [0.2, 0.25) is 5.02 Å². The van der Waals surface area contributed by atoms with E-state index in [0.29, 0.717) is 19.0 Å². The number of aromatic nitrogens is 2. The van der Waals surface area contributed by atoms with Gasteiger partial charge in [0.05, 0.1) is 5.92 Å². The molecule has 1 saturated heterocycles. The van der Waals surface area contributed by atoms with E-state index >= 15 is 0 Å². The van der Waals surface area contributed by atoms with Crippen molar-refractivity contribution < 1.29 is 4.79 Å². The SMILES string of the molecule is O=C(NCCSc1ccc(Cl)cc1)[C@@H]1CCCN(c2ncccn2)C1. The second-order valence-electron chi connectivity index (χ2n) is 5.93. The van der Waals surface area contributed by atoms with Crippen LogP contribution in [0.25, 0.3) is 0 Å². The van der Waals surface area contributed by atoms with Crippen LogP contribution in [0.15, 0.2) is 47.6 Å². The molecule has 5 nitrogen and oxygen atoms in total. The lowest BCUT2D eigenvalue weighted by Crippen LogP contribution is -2.44. The molecule has 1 aliphatic rings. The molecule has 1 N–H and O–H groups in total. The van der Waals surface area contributed by atoms with Crippen LogP contribution >= 0.6 is 23.4 Å². The molecule has 2 aromatic rings. The molecule has 25 heavy (non-hydrogen) atoms. The van der Waals surface area contributed by atoms with Gasteiger partial charge >= 0.3 is 0 Å². The summed E-state index contributed by atoms with van der Waals surface area (Å²) in [6.45, 7) is 2.24. The van der Waals surface area contributed by atoms with Crippen LogP contribution in [-0.2, 0) is 4.79 Å². The summed E-state index contributed by atoms with van der Waals surface area (Å²) < 4.78 is 0. The second kappa shape index (κ2) is 9.06. The highest BCUT2D eigenvalue weighted by Crippen LogP contribution is 2.21. The summed E-state index contributed by atoms with van der Waals surface area (Å²) >= 11 is 7.59. The maximum atomic E-state index is 12.4. The zero-order chi connectivity index (χ0) is 17.5. The Kier molecular flexibility index (Phi) is 6.53. The van der Waals surface area contributed by atoms with Crippen molar-refractivity contribution in [2.24, 2.45) is 5.92 Å². The largest absolute Gasteiger partial charge is 0.355 e. The van der Waals surface area contributed by atoms with Gasteiger partial charge < -0.3 is 10.2 Å². The van der Waals surface area contributed by atoms with Gasteiger partial charge in [-0.3, -0.25) is 4.79 Å². The molecule has 0 bridgehead atoms. The van der Waals surface area contributed by atoms with Crippen LogP contribution in [-0.4, -0.2) is 41.3 Å². The molecule has 1 aromatic heterocycles. The lowest BCUT2D eigenvalue weighted by Gasteiger charge is -2.31. The lowest BCUT2D eigenvalue weighted by atomic mass is 9.97. The van der Waals surface area contributed by atoms with Gasteiger partial charge in [-0.2, -0.15) is 0 Å². The number of anilines is 1. The van der Waals surface area contributed by atoms with E-state index in [9.17, 15) is 4.79 Å². The Morgan fingerprint density at radius 2 is 2.04 bits per heavy atom. The quantitative estimate of drug-likeness (QED) is 0.619. The number of thioether (sulfide) groups is 1. The number of halogens is 1. The first-order chi connectivity index (χ1) is 12.2. The minimum atomic E-state index is -0.00177. The molecule has 0 radical (unpaired) electrons. The fourth-order valence-corrected chi connectivity index (χ4v) is 3.74. The Morgan fingerprint density at radius 1 is 1.28 bits per heavy atom. The van der Waals surface area contributed by atoms with Crippen molar-refractivity contribution in [3.63, 3.8) is 0 Å². The van der Waals surface area contributed by atoms with Crippen LogP contribution in [0.4, 0.5) is 5.95 Å². The molecular weight excluding hydrogens is 356 g/mol. The minimum Gasteiger partial charge on any atom is -0.355 e. The molecule has 2 heterocycles. The fraction of sp³-hybridized carbons (Fsp3) is 0.389. The summed E-state index contributed by atoms with van der Waals surface area (Å²) in [5.41, 5.74) is 0. The topological polar surface area (TPSA) is 58.1 Å². The van der Waals surface area contributed by atoms with Gasteiger partial charge in [0.1, 0.15) is 0 Å². The standard InChI is InChI=1S/C18H21ClN4OS/c19-15-4-6-16(7-5-15)25-12-10-20-17(24)14-3-1-11-23(13-14)18-21-8-2-9-22-18/h2,4-9,14H,1,3,10-13H2,(H,20,24)/t14-/m1/s1. The highest BCUT2D eigenvalue weighted by atomic mass is 35.5. The van der Waals surface area contributed by atoms with Crippen LogP contribution in [0.1, 0.15) is 12.8 Å². The van der Waals surface area contributed by atoms with Crippen molar-refractivity contribution in [3.05, 3.63) is 47.7 Å². The van der Waals surface area contributed by atoms with E-state index in [2.05, 4.69) is 20.2 Å². The van der Waals surface area contributed by atoms with Gasteiger partial charge in [0.2, 0.25) is 11.9 Å². The summed E-state index contributed by atoms with van der Waals surface area (Å²) in [6, 6.07) is 9.55. The third-order valence-electron chi connectivity index (χ3n) is 4.11. The number of carbonyl (C=O) groups excluding carboxylic acids is 1. The second-order valence-corrected chi connectivity index (χ2v) is 7.53. The molecule has 1 aromatic carbocycles. The molecular formula is C18H21ClN4OS. The van der Waals surface area contributed by atoms with Gasteiger partial charge in [0, 0.05) is 47.7 Å². The van der Waals surface area contributed by atoms with Gasteiger partial charge in [0.25, 0.3) is 0 Å². The van der Waals surface area contributed by atoms with E-state index in [1.165, 1.54) is 0 Å². The van der Waals surface area contributed by atoms with Crippen LogP contribution in [0.3, 0.4) is 0 Å². The van der Waals surface area contributed by atoms with Crippen LogP contribution in [0.5, 0.6) is 0 Å². The third kappa shape index (κ3) is 5.34. The summed E-state index contributed by atoms with van der Waals surface area (Å²) in [4.78, 5) is 24.2. The molecule has 1 aliphatic heterocycles. The fourth-order valence-electron chi connectivity index (χ4n) is 2.85. The summed E-state index contributed by atoms with van der Waals surface area (Å²) in [7, 11) is 0. The van der Waals surface area contributed by atoms with Crippen LogP contribution < -0.4 is 10.2 Å². The lowest BCUT2D eigenvalue weighted by molar-refractivity contribution is -0.125. The third-order valence-corrected chi connectivity index (χ3v) is 5.38. The van der Waals surface area contributed by atoms with Gasteiger partial charge in [-0.25, -0.2) is 9.97 Å². The predicted octanol–water partition coefficient (Wildman–Crippen LogP) is 3.25. The normalized spacial score (nSPS) is 17.3. The van der Waals surface area contributed by atoms with Crippen molar-refractivity contribution in [2.75, 3.05) is 30.3 Å². The zero-order valence-corrected chi connectivity index (χ0v) is 15.5. The first kappa shape index (κ1) is 18.0. The Labute approximate surface area is 157 Å². The summed E-state index contributed by atoms with van der Waals surface area (Å²) in [5.74, 6) is 1.67. The Balaban J connectivity index is 1.42. The number of amides is 1. The molecule has 0 aliphatic carbocycles. The van der Waals surface area contributed by atoms with Crippen molar-refractivity contribution >= 4 is 35.2 Å². The highest BCUT2D eigenvalue weighted by molar-refractivity contribution is 7.99. The molecule has 7 heteroatoms. The van der Waals surface area contributed by atoms with E-state index in [1.54, 1.807) is 30.2 Å². The number of nitrogens with one attached hydrogen (secondary N) is 1. The average molecular weight is 377 g/mol. The molecule has 0 saturated carbocycles. The summed E-state index contributed by atoms with van der Waals surface area (Å²) in [5, 5.41) is 3.79. The maximum Gasteiger partial charge on any atom is 0.225 e. The number of benzene rings is 1. The number of rotatable bonds is 6. The monoisotopic (exact) mass is 376 g/mol. The smallest absolute Gasteiger partial charge is 0.225 e.